The fraction of sp³-hybridized carbons (Fsp3) is 0.500. The molecule has 1 aliphatic rings. The normalized spacial score (nSPS) is 17.8. The summed E-state index contributed by atoms with van der Waals surface area (Å²) in [6.45, 7) is 1.18. The highest BCUT2D eigenvalue weighted by Gasteiger charge is 2.32. The van der Waals surface area contributed by atoms with Gasteiger partial charge in [0.15, 0.2) is 0 Å². The van der Waals surface area contributed by atoms with Crippen molar-refractivity contribution in [2.75, 3.05) is 26.8 Å². The van der Waals surface area contributed by atoms with Crippen molar-refractivity contribution in [2.45, 2.75) is 18.4 Å². The molecular weight excluding hydrogens is 329 g/mol. The molecule has 1 aromatic rings. The summed E-state index contributed by atoms with van der Waals surface area (Å²) >= 11 is 3.24. The van der Waals surface area contributed by atoms with E-state index in [1.165, 1.54) is 23.1 Å². The first kappa shape index (κ1) is 15.4. The fourth-order valence-corrected chi connectivity index (χ4v) is 2.71. The molecule has 0 aliphatic carbocycles. The summed E-state index contributed by atoms with van der Waals surface area (Å²) in [5.41, 5.74) is -0.675. The SMILES string of the molecule is CN(CC1(O)CCOCC1)C(=O)c1cc(F)ccc1Br. The summed E-state index contributed by atoms with van der Waals surface area (Å²) in [7, 11) is 1.60. The van der Waals surface area contributed by atoms with Gasteiger partial charge in [0.1, 0.15) is 5.82 Å². The van der Waals surface area contributed by atoms with Crippen LogP contribution in [0.3, 0.4) is 0 Å². The van der Waals surface area contributed by atoms with Crippen molar-refractivity contribution < 1.29 is 19.0 Å². The second-order valence-corrected chi connectivity index (χ2v) is 5.98. The van der Waals surface area contributed by atoms with Crippen LogP contribution < -0.4 is 0 Å². The summed E-state index contributed by atoms with van der Waals surface area (Å²) in [6, 6.07) is 3.98. The molecule has 4 nitrogen and oxygen atoms in total. The van der Waals surface area contributed by atoms with Crippen molar-refractivity contribution in [3.63, 3.8) is 0 Å². The zero-order valence-electron chi connectivity index (χ0n) is 11.2. The van der Waals surface area contributed by atoms with Gasteiger partial charge in [-0.1, -0.05) is 0 Å². The molecule has 0 radical (unpaired) electrons. The number of benzene rings is 1. The summed E-state index contributed by atoms with van der Waals surface area (Å²) in [5.74, 6) is -0.786. The van der Waals surface area contributed by atoms with Gasteiger partial charge in [-0.05, 0) is 34.1 Å². The number of likely N-dealkylation sites (N-methyl/N-ethyl adjacent to an activating group) is 1. The number of aliphatic hydroxyl groups is 1. The number of halogens is 2. The van der Waals surface area contributed by atoms with E-state index in [1.807, 2.05) is 0 Å². The van der Waals surface area contributed by atoms with Crippen molar-refractivity contribution in [3.8, 4) is 0 Å². The van der Waals surface area contributed by atoms with Crippen LogP contribution in [0.4, 0.5) is 4.39 Å². The smallest absolute Gasteiger partial charge is 0.254 e. The molecule has 0 bridgehead atoms. The largest absolute Gasteiger partial charge is 0.388 e. The number of carbonyl (C=O) groups is 1. The Bertz CT molecular complexity index is 503. The number of carbonyl (C=O) groups excluding carboxylic acids is 1. The van der Waals surface area contributed by atoms with Gasteiger partial charge in [0, 0.05) is 44.1 Å². The van der Waals surface area contributed by atoms with Crippen molar-refractivity contribution in [1.29, 1.82) is 0 Å². The van der Waals surface area contributed by atoms with E-state index in [4.69, 9.17) is 4.74 Å². The van der Waals surface area contributed by atoms with Gasteiger partial charge in [0.2, 0.25) is 0 Å². The first-order valence-electron chi connectivity index (χ1n) is 6.42. The Morgan fingerprint density at radius 3 is 2.80 bits per heavy atom. The van der Waals surface area contributed by atoms with Gasteiger partial charge in [0.25, 0.3) is 5.91 Å². The van der Waals surface area contributed by atoms with Gasteiger partial charge in [-0.3, -0.25) is 4.79 Å². The van der Waals surface area contributed by atoms with Gasteiger partial charge < -0.3 is 14.7 Å². The predicted molar refractivity (Wildman–Crippen MR) is 76.1 cm³/mol. The molecule has 1 N–H and O–H groups in total. The summed E-state index contributed by atoms with van der Waals surface area (Å²) in [4.78, 5) is 13.7. The van der Waals surface area contributed by atoms with Crippen molar-refractivity contribution in [2.24, 2.45) is 0 Å². The average Bonchev–Trinajstić information content (AvgIpc) is 2.41. The molecule has 20 heavy (non-hydrogen) atoms. The van der Waals surface area contributed by atoms with Crippen LogP contribution in [-0.4, -0.2) is 48.3 Å². The molecule has 1 heterocycles. The molecule has 0 unspecified atom stereocenters. The predicted octanol–water partition coefficient (Wildman–Crippen LogP) is 2.20. The van der Waals surface area contributed by atoms with Crippen molar-refractivity contribution in [3.05, 3.63) is 34.1 Å². The number of hydrogen-bond donors (Lipinski definition) is 1. The molecular formula is C14H17BrFNO3. The number of nitrogens with zero attached hydrogens (tertiary/aromatic N) is 1. The van der Waals surface area contributed by atoms with E-state index >= 15 is 0 Å². The standard InChI is InChI=1S/C14H17BrFNO3/c1-17(9-14(19)4-6-20-7-5-14)13(18)11-8-10(16)2-3-12(11)15/h2-3,8,19H,4-7,9H2,1H3. The molecule has 0 saturated carbocycles. The van der Waals surface area contributed by atoms with Crippen LogP contribution in [0.15, 0.2) is 22.7 Å². The Morgan fingerprint density at radius 1 is 1.50 bits per heavy atom. The Hall–Kier alpha value is -0.980. The van der Waals surface area contributed by atoms with Crippen molar-refractivity contribution >= 4 is 21.8 Å². The van der Waals surface area contributed by atoms with Gasteiger partial charge in [-0.2, -0.15) is 0 Å². The monoisotopic (exact) mass is 345 g/mol. The lowest BCUT2D eigenvalue weighted by atomic mass is 9.93. The molecule has 2 rings (SSSR count). The number of ether oxygens (including phenoxy) is 1. The third kappa shape index (κ3) is 3.56. The quantitative estimate of drug-likeness (QED) is 0.913. The Labute approximate surface area is 125 Å². The van der Waals surface area contributed by atoms with E-state index in [2.05, 4.69) is 15.9 Å². The van der Waals surface area contributed by atoms with Crippen LogP contribution >= 0.6 is 15.9 Å². The van der Waals surface area contributed by atoms with Crippen LogP contribution in [0.2, 0.25) is 0 Å². The van der Waals surface area contributed by atoms with E-state index in [0.717, 1.165) is 0 Å². The second-order valence-electron chi connectivity index (χ2n) is 5.12. The van der Waals surface area contributed by atoms with Crippen LogP contribution in [0.5, 0.6) is 0 Å². The minimum absolute atomic E-state index is 0.206. The van der Waals surface area contributed by atoms with E-state index < -0.39 is 11.4 Å². The lowest BCUT2D eigenvalue weighted by Crippen LogP contribution is -2.47. The second kappa shape index (κ2) is 6.20. The molecule has 110 valence electrons. The zero-order chi connectivity index (χ0) is 14.8. The highest BCUT2D eigenvalue weighted by atomic mass is 79.9. The van der Waals surface area contributed by atoms with E-state index in [9.17, 15) is 14.3 Å². The highest BCUT2D eigenvalue weighted by Crippen LogP contribution is 2.24. The summed E-state index contributed by atoms with van der Waals surface area (Å²) < 4.78 is 19.0. The molecule has 1 saturated heterocycles. The van der Waals surface area contributed by atoms with Crippen LogP contribution in [0, 0.1) is 5.82 Å². The Morgan fingerprint density at radius 2 is 2.15 bits per heavy atom. The minimum Gasteiger partial charge on any atom is -0.388 e. The Balaban J connectivity index is 2.10. The number of amides is 1. The highest BCUT2D eigenvalue weighted by molar-refractivity contribution is 9.10. The van der Waals surface area contributed by atoms with Gasteiger partial charge in [-0.15, -0.1) is 0 Å². The summed E-state index contributed by atoms with van der Waals surface area (Å²) in [6.07, 6.45) is 0.990. The van der Waals surface area contributed by atoms with E-state index in [1.54, 1.807) is 7.05 Å². The third-order valence-electron chi connectivity index (χ3n) is 3.46. The van der Waals surface area contributed by atoms with Gasteiger partial charge >= 0.3 is 0 Å². The van der Waals surface area contributed by atoms with Gasteiger partial charge in [-0.25, -0.2) is 4.39 Å². The summed E-state index contributed by atoms with van der Waals surface area (Å²) in [5, 5.41) is 10.4. The number of rotatable bonds is 3. The minimum atomic E-state index is -0.928. The number of hydrogen-bond acceptors (Lipinski definition) is 3. The van der Waals surface area contributed by atoms with Crippen molar-refractivity contribution in [1.82, 2.24) is 4.90 Å². The molecule has 0 aromatic heterocycles. The van der Waals surface area contributed by atoms with Crippen LogP contribution in [0.25, 0.3) is 0 Å². The molecule has 0 atom stereocenters. The molecule has 0 spiro atoms. The Kier molecular flexibility index (Phi) is 4.78. The first-order chi connectivity index (χ1) is 9.41. The lowest BCUT2D eigenvalue weighted by Gasteiger charge is -2.35. The molecule has 1 fully saturated rings. The van der Waals surface area contributed by atoms with Crippen LogP contribution in [0.1, 0.15) is 23.2 Å². The maximum absolute atomic E-state index is 13.2. The maximum atomic E-state index is 13.2. The third-order valence-corrected chi connectivity index (χ3v) is 4.15. The lowest BCUT2D eigenvalue weighted by molar-refractivity contribution is -0.0734. The van der Waals surface area contributed by atoms with Crippen LogP contribution in [-0.2, 0) is 4.74 Å². The molecule has 1 amide bonds. The molecule has 1 aromatic carbocycles. The first-order valence-corrected chi connectivity index (χ1v) is 7.21. The average molecular weight is 346 g/mol. The van der Waals surface area contributed by atoms with E-state index in [-0.39, 0.29) is 18.0 Å². The molecule has 1 aliphatic heterocycles. The molecule has 6 heteroatoms. The fourth-order valence-electron chi connectivity index (χ4n) is 2.29. The zero-order valence-corrected chi connectivity index (χ0v) is 12.8. The maximum Gasteiger partial charge on any atom is 0.254 e. The van der Waals surface area contributed by atoms with Gasteiger partial charge in [0.05, 0.1) is 11.2 Å². The van der Waals surface area contributed by atoms with E-state index in [0.29, 0.717) is 30.5 Å². The topological polar surface area (TPSA) is 49.8 Å².